The van der Waals surface area contributed by atoms with E-state index in [2.05, 4.69) is 19.2 Å². The van der Waals surface area contributed by atoms with Crippen molar-refractivity contribution in [3.05, 3.63) is 0 Å². The van der Waals surface area contributed by atoms with E-state index in [9.17, 15) is 15.0 Å². The van der Waals surface area contributed by atoms with Gasteiger partial charge in [0.25, 0.3) is 0 Å². The van der Waals surface area contributed by atoms with E-state index in [-0.39, 0.29) is 12.5 Å². The summed E-state index contributed by atoms with van der Waals surface area (Å²) in [5.41, 5.74) is 0. The maximum atomic E-state index is 12.4. The second kappa shape index (κ2) is 43.8. The van der Waals surface area contributed by atoms with Crippen LogP contribution in [0.3, 0.4) is 0 Å². The molecule has 2 atom stereocenters. The SMILES string of the molecule is CCCCCCCCCCCCCCCCCCCCCCCCCCC(O)C(CO)NC(=O)CCCCCCCCCCCCCCCCC. The van der Waals surface area contributed by atoms with Crippen LogP contribution in [0.15, 0.2) is 0 Å². The highest BCUT2D eigenvalue weighted by Gasteiger charge is 2.20. The highest BCUT2D eigenvalue weighted by Crippen LogP contribution is 2.17. The Balaban J connectivity index is 3.43. The van der Waals surface area contributed by atoms with Crippen molar-refractivity contribution in [1.82, 2.24) is 5.32 Å². The smallest absolute Gasteiger partial charge is 0.220 e. The van der Waals surface area contributed by atoms with Crippen LogP contribution in [0.25, 0.3) is 0 Å². The lowest BCUT2D eigenvalue weighted by atomic mass is 10.0. The summed E-state index contributed by atoms with van der Waals surface area (Å²) in [6.45, 7) is 4.39. The largest absolute Gasteiger partial charge is 0.394 e. The Morgan fingerprint density at radius 1 is 0.392 bits per heavy atom. The van der Waals surface area contributed by atoms with Crippen molar-refractivity contribution < 1.29 is 15.0 Å². The van der Waals surface area contributed by atoms with Crippen molar-refractivity contribution in [3.8, 4) is 0 Å². The van der Waals surface area contributed by atoms with Crippen molar-refractivity contribution in [2.45, 2.75) is 289 Å². The van der Waals surface area contributed by atoms with Crippen LogP contribution in [-0.2, 0) is 4.79 Å². The van der Waals surface area contributed by atoms with Crippen LogP contribution in [0, 0.1) is 0 Å². The maximum Gasteiger partial charge on any atom is 0.220 e. The van der Waals surface area contributed by atoms with Gasteiger partial charge in [-0.05, 0) is 12.8 Å². The van der Waals surface area contributed by atoms with Crippen LogP contribution >= 0.6 is 0 Å². The summed E-state index contributed by atoms with van der Waals surface area (Å²) in [5.74, 6) is -0.0256. The van der Waals surface area contributed by atoms with Crippen molar-refractivity contribution in [2.24, 2.45) is 0 Å². The van der Waals surface area contributed by atoms with Gasteiger partial charge in [-0.1, -0.05) is 258 Å². The lowest BCUT2D eigenvalue weighted by Crippen LogP contribution is -2.45. The van der Waals surface area contributed by atoms with Gasteiger partial charge in [0.1, 0.15) is 0 Å². The summed E-state index contributed by atoms with van der Waals surface area (Å²) >= 11 is 0. The fourth-order valence-electron chi connectivity index (χ4n) is 7.72. The number of hydrogen-bond acceptors (Lipinski definition) is 3. The van der Waals surface area contributed by atoms with Crippen LogP contribution < -0.4 is 5.32 Å². The predicted molar refractivity (Wildman–Crippen MR) is 226 cm³/mol. The minimum atomic E-state index is -0.653. The number of nitrogens with one attached hydrogen (secondary N) is 1. The van der Waals surface area contributed by atoms with Gasteiger partial charge < -0.3 is 15.5 Å². The van der Waals surface area contributed by atoms with E-state index in [1.165, 1.54) is 225 Å². The molecule has 51 heavy (non-hydrogen) atoms. The number of rotatable bonds is 44. The lowest BCUT2D eigenvalue weighted by Gasteiger charge is -2.22. The zero-order chi connectivity index (χ0) is 37.1. The average molecular weight is 722 g/mol. The first kappa shape index (κ1) is 50.4. The van der Waals surface area contributed by atoms with Gasteiger partial charge in [-0.2, -0.15) is 0 Å². The van der Waals surface area contributed by atoms with Crippen LogP contribution in [-0.4, -0.2) is 34.9 Å². The molecule has 0 aliphatic heterocycles. The van der Waals surface area contributed by atoms with Gasteiger partial charge in [-0.15, -0.1) is 0 Å². The molecule has 0 aromatic rings. The molecule has 2 unspecified atom stereocenters. The normalized spacial score (nSPS) is 12.8. The molecule has 0 bridgehead atoms. The highest BCUT2D eigenvalue weighted by atomic mass is 16.3. The minimum Gasteiger partial charge on any atom is -0.394 e. The molecule has 0 aliphatic rings. The van der Waals surface area contributed by atoms with Gasteiger partial charge in [0, 0.05) is 6.42 Å². The Morgan fingerprint density at radius 3 is 0.882 bits per heavy atom. The maximum absolute atomic E-state index is 12.4. The van der Waals surface area contributed by atoms with E-state index in [1.807, 2.05) is 0 Å². The highest BCUT2D eigenvalue weighted by molar-refractivity contribution is 5.76. The van der Waals surface area contributed by atoms with E-state index in [0.29, 0.717) is 12.8 Å². The molecule has 3 N–H and O–H groups in total. The fraction of sp³-hybridized carbons (Fsp3) is 0.979. The van der Waals surface area contributed by atoms with Crippen molar-refractivity contribution in [3.63, 3.8) is 0 Å². The van der Waals surface area contributed by atoms with Crippen LogP contribution in [0.1, 0.15) is 277 Å². The molecule has 306 valence electrons. The van der Waals surface area contributed by atoms with Crippen LogP contribution in [0.2, 0.25) is 0 Å². The average Bonchev–Trinajstić information content (AvgIpc) is 3.13. The van der Waals surface area contributed by atoms with E-state index >= 15 is 0 Å². The van der Waals surface area contributed by atoms with Gasteiger partial charge in [0.15, 0.2) is 0 Å². The third-order valence-corrected chi connectivity index (χ3v) is 11.4. The summed E-state index contributed by atoms with van der Waals surface area (Å²) < 4.78 is 0. The molecule has 1 amide bonds. The van der Waals surface area contributed by atoms with Crippen molar-refractivity contribution in [2.75, 3.05) is 6.61 Å². The zero-order valence-electron chi connectivity index (χ0n) is 35.2. The minimum absolute atomic E-state index is 0.0256. The number of hydrogen-bond donors (Lipinski definition) is 3. The van der Waals surface area contributed by atoms with E-state index in [4.69, 9.17) is 0 Å². The second-order valence-corrected chi connectivity index (χ2v) is 16.5. The molecule has 0 rings (SSSR count). The third kappa shape index (κ3) is 40.4. The summed E-state index contributed by atoms with van der Waals surface area (Å²) in [4.78, 5) is 12.4. The van der Waals surface area contributed by atoms with Crippen LogP contribution in [0.4, 0.5) is 0 Å². The van der Waals surface area contributed by atoms with Crippen molar-refractivity contribution >= 4 is 5.91 Å². The Bertz CT molecular complexity index is 655. The van der Waals surface area contributed by atoms with E-state index in [1.54, 1.807) is 0 Å². The number of aliphatic hydroxyl groups is 2. The molecule has 0 heterocycles. The van der Waals surface area contributed by atoms with Gasteiger partial charge >= 0.3 is 0 Å². The fourth-order valence-corrected chi connectivity index (χ4v) is 7.72. The molecule has 4 heteroatoms. The molecule has 0 aromatic heterocycles. The Kier molecular flexibility index (Phi) is 43.3. The molecular formula is C47H95NO3. The standard InChI is InChI=1S/C47H95NO3/c1-3-5-7-9-11-13-15-17-19-20-21-22-23-24-25-26-27-29-30-32-34-36-38-40-42-46(50)45(44-49)48-47(51)43-41-39-37-35-33-31-28-18-16-14-12-10-8-6-4-2/h45-46,49-50H,3-44H2,1-2H3,(H,48,51). The number of aliphatic hydroxyl groups excluding tert-OH is 2. The van der Waals surface area contributed by atoms with Crippen molar-refractivity contribution in [1.29, 1.82) is 0 Å². The molecule has 0 fully saturated rings. The molecule has 0 saturated heterocycles. The number of amides is 1. The van der Waals surface area contributed by atoms with E-state index in [0.717, 1.165) is 25.7 Å². The van der Waals surface area contributed by atoms with E-state index < -0.39 is 12.1 Å². The summed E-state index contributed by atoms with van der Waals surface area (Å²) in [5, 5.41) is 23.2. The first-order valence-electron chi connectivity index (χ1n) is 23.7. The molecule has 0 saturated carbocycles. The number of unbranched alkanes of at least 4 members (excludes halogenated alkanes) is 37. The molecule has 0 aromatic carbocycles. The zero-order valence-corrected chi connectivity index (χ0v) is 35.2. The molecule has 0 radical (unpaired) electrons. The van der Waals surface area contributed by atoms with Gasteiger partial charge in [0.05, 0.1) is 18.8 Å². The molecule has 0 aliphatic carbocycles. The molecule has 0 spiro atoms. The number of carbonyl (C=O) groups is 1. The first-order valence-corrected chi connectivity index (χ1v) is 23.7. The molecule has 4 nitrogen and oxygen atoms in total. The van der Waals surface area contributed by atoms with Gasteiger partial charge in [-0.3, -0.25) is 4.79 Å². The monoisotopic (exact) mass is 722 g/mol. The second-order valence-electron chi connectivity index (χ2n) is 16.5. The molecular weight excluding hydrogens is 627 g/mol. The summed E-state index contributed by atoms with van der Waals surface area (Å²) in [6, 6.07) is -0.529. The topological polar surface area (TPSA) is 69.6 Å². The van der Waals surface area contributed by atoms with Gasteiger partial charge in [0.2, 0.25) is 5.91 Å². The first-order chi connectivity index (χ1) is 25.2. The predicted octanol–water partition coefficient (Wildman–Crippen LogP) is 14.9. The number of carbonyl (C=O) groups excluding carboxylic acids is 1. The summed E-state index contributed by atoms with van der Waals surface area (Å²) in [7, 11) is 0. The van der Waals surface area contributed by atoms with Crippen LogP contribution in [0.5, 0.6) is 0 Å². The quantitative estimate of drug-likeness (QED) is 0.0549. The Morgan fingerprint density at radius 2 is 0.627 bits per heavy atom. The summed E-state index contributed by atoms with van der Waals surface area (Å²) in [6.07, 6.45) is 53.4. The van der Waals surface area contributed by atoms with Gasteiger partial charge in [-0.25, -0.2) is 0 Å². The third-order valence-electron chi connectivity index (χ3n) is 11.4. The lowest BCUT2D eigenvalue weighted by molar-refractivity contribution is -0.123. The Hall–Kier alpha value is -0.610. The Labute approximate surface area is 321 Å².